The van der Waals surface area contributed by atoms with Gasteiger partial charge in [0.15, 0.2) is 9.84 Å². The van der Waals surface area contributed by atoms with Gasteiger partial charge in [-0.15, -0.1) is 0 Å². The van der Waals surface area contributed by atoms with Gasteiger partial charge in [-0.2, -0.15) is 13.2 Å². The van der Waals surface area contributed by atoms with Crippen LogP contribution in [0, 0.1) is 5.92 Å². The molecule has 3 aromatic rings. The predicted octanol–water partition coefficient (Wildman–Crippen LogP) is 4.92. The summed E-state index contributed by atoms with van der Waals surface area (Å²) in [7, 11) is -1.48. The number of benzene rings is 3. The lowest BCUT2D eigenvalue weighted by molar-refractivity contribution is -0.275. The van der Waals surface area contributed by atoms with E-state index in [0.29, 0.717) is 10.8 Å². The molecule has 0 radical (unpaired) electrons. The first kappa shape index (κ1) is 31.4. The van der Waals surface area contributed by atoms with Crippen molar-refractivity contribution < 1.29 is 41.3 Å². The molecular formula is C29H34F3NO6S. The molecule has 0 saturated carbocycles. The van der Waals surface area contributed by atoms with Gasteiger partial charge in [-0.3, -0.25) is 4.90 Å². The highest BCUT2D eigenvalue weighted by Gasteiger charge is 2.36. The highest BCUT2D eigenvalue weighted by Crippen LogP contribution is 2.26. The Hall–Kier alpha value is -3.12. The molecule has 1 aliphatic rings. The summed E-state index contributed by atoms with van der Waals surface area (Å²) in [6.07, 6.45) is -4.59. The molecule has 0 unspecified atom stereocenters. The third kappa shape index (κ3) is 9.81. The number of nitrogens with zero attached hydrogens (tertiary/aromatic N) is 1. The van der Waals surface area contributed by atoms with Crippen molar-refractivity contribution in [2.24, 2.45) is 5.92 Å². The molecule has 1 saturated heterocycles. The molecule has 4 rings (SSSR count). The number of methoxy groups -OCH3 is 1. The Morgan fingerprint density at radius 1 is 0.875 bits per heavy atom. The first-order valence-electron chi connectivity index (χ1n) is 12.7. The van der Waals surface area contributed by atoms with Crippen LogP contribution in [0.5, 0.6) is 11.5 Å². The zero-order valence-corrected chi connectivity index (χ0v) is 23.2. The Kier molecular flexibility index (Phi) is 11.0. The fourth-order valence-electron chi connectivity index (χ4n) is 4.15. The van der Waals surface area contributed by atoms with Crippen molar-refractivity contribution in [2.45, 2.75) is 36.7 Å². The second-order valence-corrected chi connectivity index (χ2v) is 11.6. The van der Waals surface area contributed by atoms with E-state index in [2.05, 4.69) is 17.0 Å². The van der Waals surface area contributed by atoms with Gasteiger partial charge in [-0.1, -0.05) is 36.4 Å². The first-order chi connectivity index (χ1) is 18.8. The van der Waals surface area contributed by atoms with E-state index in [1.807, 2.05) is 48.5 Å². The van der Waals surface area contributed by atoms with Gasteiger partial charge < -0.3 is 19.7 Å². The first-order valence-corrected chi connectivity index (χ1v) is 14.6. The maximum absolute atomic E-state index is 11.6. The van der Waals surface area contributed by atoms with Gasteiger partial charge in [-0.05, 0) is 84.9 Å². The van der Waals surface area contributed by atoms with Crippen LogP contribution < -0.4 is 9.47 Å². The number of hydrogen-bond acceptors (Lipinski definition) is 7. The van der Waals surface area contributed by atoms with Crippen LogP contribution in [-0.2, 0) is 16.4 Å². The monoisotopic (exact) mass is 581 g/mol. The van der Waals surface area contributed by atoms with Crippen LogP contribution in [0.3, 0.4) is 0 Å². The van der Waals surface area contributed by atoms with Gasteiger partial charge >= 0.3 is 6.18 Å². The van der Waals surface area contributed by atoms with E-state index in [-0.39, 0.29) is 0 Å². The van der Waals surface area contributed by atoms with Crippen LogP contribution in [-0.4, -0.2) is 69.1 Å². The van der Waals surface area contributed by atoms with E-state index >= 15 is 0 Å². The number of aliphatic hydroxyl groups excluding tert-OH is 1. The van der Waals surface area contributed by atoms with Crippen LogP contribution >= 0.6 is 0 Å². The highest BCUT2D eigenvalue weighted by atomic mass is 32.2. The molecule has 218 valence electrons. The lowest BCUT2D eigenvalue weighted by atomic mass is 9.97. The fourth-order valence-corrected chi connectivity index (χ4v) is 4.78. The minimum absolute atomic E-state index is 0.334. The van der Waals surface area contributed by atoms with Crippen molar-refractivity contribution in [3.8, 4) is 22.6 Å². The Morgan fingerprint density at radius 3 is 1.80 bits per heavy atom. The van der Waals surface area contributed by atoms with E-state index in [1.165, 1.54) is 11.8 Å². The molecular weight excluding hydrogens is 547 g/mol. The number of sulfone groups is 1. The van der Waals surface area contributed by atoms with Gasteiger partial charge in [0.1, 0.15) is 11.5 Å². The van der Waals surface area contributed by atoms with Crippen LogP contribution in [0.15, 0.2) is 77.7 Å². The molecule has 0 spiro atoms. The molecule has 0 aliphatic carbocycles. The Morgan fingerprint density at radius 2 is 1.35 bits per heavy atom. The van der Waals surface area contributed by atoms with Crippen molar-refractivity contribution in [1.82, 2.24) is 4.90 Å². The van der Waals surface area contributed by atoms with Gasteiger partial charge in [0.2, 0.25) is 0 Å². The predicted molar refractivity (Wildman–Crippen MR) is 146 cm³/mol. The van der Waals surface area contributed by atoms with Crippen molar-refractivity contribution in [3.63, 3.8) is 0 Å². The third-order valence-corrected chi connectivity index (χ3v) is 7.65. The molecule has 1 heterocycles. The summed E-state index contributed by atoms with van der Waals surface area (Å²) in [5.74, 6) is 2.33. The summed E-state index contributed by atoms with van der Waals surface area (Å²) in [6, 6.07) is 23.3. The Labute approximate surface area is 232 Å². The van der Waals surface area contributed by atoms with E-state index in [9.17, 15) is 21.6 Å². The third-order valence-electron chi connectivity index (χ3n) is 6.52. The zero-order valence-electron chi connectivity index (χ0n) is 22.3. The maximum atomic E-state index is 11.6. The summed E-state index contributed by atoms with van der Waals surface area (Å²) in [4.78, 5) is 2.84. The summed E-state index contributed by atoms with van der Waals surface area (Å²) in [6.45, 7) is 3.88. The number of halogens is 3. The molecule has 11 heteroatoms. The van der Waals surface area contributed by atoms with Gasteiger partial charge in [-0.25, -0.2) is 8.42 Å². The van der Waals surface area contributed by atoms with Crippen LogP contribution in [0.4, 0.5) is 13.2 Å². The highest BCUT2D eigenvalue weighted by molar-refractivity contribution is 7.90. The quantitative estimate of drug-likeness (QED) is 0.365. The molecule has 2 N–H and O–H groups in total. The number of hydrogen-bond donors (Lipinski definition) is 2. The molecule has 1 aliphatic heterocycles. The van der Waals surface area contributed by atoms with Crippen molar-refractivity contribution in [2.75, 3.05) is 33.1 Å². The summed E-state index contributed by atoms with van der Waals surface area (Å²) >= 11 is 0. The van der Waals surface area contributed by atoms with Crippen molar-refractivity contribution in [3.05, 3.63) is 78.4 Å². The van der Waals surface area contributed by atoms with Crippen LogP contribution in [0.1, 0.15) is 18.4 Å². The topological polar surface area (TPSA) is 96.3 Å². The van der Waals surface area contributed by atoms with Gasteiger partial charge in [0, 0.05) is 12.8 Å². The second-order valence-electron chi connectivity index (χ2n) is 9.61. The second kappa shape index (κ2) is 14.0. The number of aliphatic hydroxyl groups is 2. The smallest absolute Gasteiger partial charge is 0.439 e. The summed E-state index contributed by atoms with van der Waals surface area (Å²) < 4.78 is 66.6. The molecule has 40 heavy (non-hydrogen) atoms. The minimum Gasteiger partial charge on any atom is -0.497 e. The molecule has 0 bridgehead atoms. The number of alkyl halides is 3. The summed E-state index contributed by atoms with van der Waals surface area (Å²) in [5, 5.41) is 14.6. The lowest BCUT2D eigenvalue weighted by Gasteiger charge is -2.31. The molecule has 1 fully saturated rings. The van der Waals surface area contributed by atoms with Crippen LogP contribution in [0.25, 0.3) is 11.1 Å². The van der Waals surface area contributed by atoms with E-state index < -0.39 is 22.3 Å². The average molecular weight is 582 g/mol. The SMILES string of the molecule is COc1ccc(CN2CCC(COc3ccc(-c4ccc(S(C)(=O)=O)cc4)cc3)CC2)cc1.OC(O)C(F)(F)F. The molecule has 0 aromatic heterocycles. The zero-order chi connectivity index (χ0) is 29.3. The average Bonchev–Trinajstić information content (AvgIpc) is 2.93. The largest absolute Gasteiger partial charge is 0.497 e. The molecule has 0 amide bonds. The van der Waals surface area contributed by atoms with Gasteiger partial charge in [0.05, 0.1) is 18.6 Å². The molecule has 3 aromatic carbocycles. The normalized spacial score (nSPS) is 14.9. The van der Waals surface area contributed by atoms with Crippen molar-refractivity contribution in [1.29, 1.82) is 0 Å². The minimum atomic E-state index is -4.89. The number of likely N-dealkylation sites (tertiary alicyclic amines) is 1. The number of rotatable bonds is 8. The Balaban J connectivity index is 0.000000559. The maximum Gasteiger partial charge on any atom is 0.439 e. The standard InChI is InChI=1S/C27H31NO4S.C2H3F3O2/c1-31-25-9-3-21(4-10-25)19-28-17-15-22(16-18-28)20-32-26-11-5-23(6-12-26)24-7-13-27(14-8-24)33(2,29)30;3-2(4,5)1(6)7/h3-14,22H,15-20H2,1-2H3;1,6-7H. The number of ether oxygens (including phenoxy) is 2. The Bertz CT molecular complexity index is 1290. The fraction of sp³-hybridized carbons (Fsp3) is 0.379. The van der Waals surface area contributed by atoms with E-state index in [1.54, 1.807) is 19.2 Å². The van der Waals surface area contributed by atoms with E-state index in [4.69, 9.17) is 19.7 Å². The van der Waals surface area contributed by atoms with Crippen molar-refractivity contribution >= 4 is 9.84 Å². The molecule has 0 atom stereocenters. The van der Waals surface area contributed by atoms with E-state index in [0.717, 1.165) is 61.7 Å². The summed E-state index contributed by atoms with van der Waals surface area (Å²) in [5.41, 5.74) is 3.34. The number of piperidine rings is 1. The van der Waals surface area contributed by atoms with Crippen LogP contribution in [0.2, 0.25) is 0 Å². The molecule has 7 nitrogen and oxygen atoms in total. The lowest BCUT2D eigenvalue weighted by Crippen LogP contribution is -2.35. The van der Waals surface area contributed by atoms with Gasteiger partial charge in [0.25, 0.3) is 6.29 Å².